The van der Waals surface area contributed by atoms with Crippen LogP contribution in [0.25, 0.3) is 11.1 Å². The summed E-state index contributed by atoms with van der Waals surface area (Å²) >= 11 is 3.91. The Labute approximate surface area is 235 Å². The van der Waals surface area contributed by atoms with Crippen LogP contribution in [0.1, 0.15) is 63.3 Å². The molecule has 0 N–H and O–H groups in total. The second kappa shape index (κ2) is 9.72. The van der Waals surface area contributed by atoms with Crippen LogP contribution in [0.2, 0.25) is 0 Å². The molecule has 0 saturated carbocycles. The first-order valence-electron chi connectivity index (χ1n) is 11.6. The quantitative estimate of drug-likeness (QED) is 0.161. The van der Waals surface area contributed by atoms with Crippen LogP contribution in [0.3, 0.4) is 0 Å². The van der Waals surface area contributed by atoms with Crippen molar-refractivity contribution in [3.8, 4) is 0 Å². The summed E-state index contributed by atoms with van der Waals surface area (Å²) in [6.45, 7) is 16.4. The summed E-state index contributed by atoms with van der Waals surface area (Å²) in [7, 11) is 0. The van der Waals surface area contributed by atoms with E-state index in [1.54, 1.807) is 5.57 Å². The monoisotopic (exact) mass is 776 g/mol. The Morgan fingerprint density at radius 3 is 2.36 bits per heavy atom. The van der Waals surface area contributed by atoms with Gasteiger partial charge in [-0.25, -0.2) is 0 Å². The number of alkyl halides is 5. The van der Waals surface area contributed by atoms with Crippen LogP contribution >= 0.6 is 65.0 Å². The van der Waals surface area contributed by atoms with E-state index in [4.69, 9.17) is 0 Å². The summed E-state index contributed by atoms with van der Waals surface area (Å²) in [5, 5.41) is 0. The van der Waals surface area contributed by atoms with Crippen molar-refractivity contribution < 1.29 is 0 Å². The van der Waals surface area contributed by atoms with Gasteiger partial charge in [-0.1, -0.05) is 0 Å². The average molecular weight is 776 g/mol. The Balaban J connectivity index is 1.68. The van der Waals surface area contributed by atoms with Crippen LogP contribution in [-0.4, -0.2) is 8.86 Å². The van der Waals surface area contributed by atoms with Gasteiger partial charge in [-0.2, -0.15) is 0 Å². The molecule has 2 aliphatic rings. The van der Waals surface area contributed by atoms with Crippen LogP contribution in [-0.2, 0) is 5.86 Å². The SMILES string of the molecule is C=C(C)c1ccccc1[C@](C)(I)I1CC=C2C(C)(C)C(c3ccc(CI)cc3)=CC[C@]2(C)C1. The summed E-state index contributed by atoms with van der Waals surface area (Å²) < 4.78 is 3.97. The molecule has 1 heterocycles. The van der Waals surface area contributed by atoms with E-state index in [1.807, 2.05) is 0 Å². The minimum absolute atomic E-state index is 0.0817. The number of benzene rings is 2. The van der Waals surface area contributed by atoms with Gasteiger partial charge in [-0.05, 0) is 0 Å². The second-order valence-electron chi connectivity index (χ2n) is 10.4. The van der Waals surface area contributed by atoms with Crippen molar-refractivity contribution in [2.75, 3.05) is 8.86 Å². The number of hydrogen-bond acceptors (Lipinski definition) is 0. The van der Waals surface area contributed by atoms with Crippen molar-refractivity contribution in [3.63, 3.8) is 0 Å². The van der Waals surface area contributed by atoms with Gasteiger partial charge < -0.3 is 0 Å². The van der Waals surface area contributed by atoms with E-state index < -0.39 is 19.8 Å². The molecule has 0 unspecified atom stereocenters. The van der Waals surface area contributed by atoms with Crippen molar-refractivity contribution >= 4 is 76.1 Å². The summed E-state index contributed by atoms with van der Waals surface area (Å²) in [5.74, 6) is 0. The van der Waals surface area contributed by atoms with Crippen molar-refractivity contribution in [1.82, 2.24) is 0 Å². The fourth-order valence-electron chi connectivity index (χ4n) is 5.71. The van der Waals surface area contributed by atoms with Gasteiger partial charge in [0.25, 0.3) is 0 Å². The Hall–Kier alpha value is -0.150. The molecular weight excluding hydrogens is 741 g/mol. The third kappa shape index (κ3) is 4.81. The Morgan fingerprint density at radius 2 is 1.73 bits per heavy atom. The van der Waals surface area contributed by atoms with Gasteiger partial charge in [0.05, 0.1) is 0 Å². The van der Waals surface area contributed by atoms with E-state index in [9.17, 15) is 0 Å². The van der Waals surface area contributed by atoms with Gasteiger partial charge in [0, 0.05) is 0 Å². The van der Waals surface area contributed by atoms with Crippen LogP contribution in [0.5, 0.6) is 0 Å². The zero-order valence-corrected chi connectivity index (χ0v) is 26.9. The van der Waals surface area contributed by atoms with Gasteiger partial charge in [-0.15, -0.1) is 0 Å². The molecule has 1 aliphatic carbocycles. The molecule has 0 spiro atoms. The molecule has 4 rings (SSSR count). The predicted molar refractivity (Wildman–Crippen MR) is 173 cm³/mol. The number of halogens is 3. The Bertz CT molecular complexity index is 1120. The molecule has 2 aromatic rings. The molecule has 0 saturated heterocycles. The van der Waals surface area contributed by atoms with Gasteiger partial charge in [0.2, 0.25) is 0 Å². The molecule has 0 bridgehead atoms. The molecule has 0 radical (unpaired) electrons. The van der Waals surface area contributed by atoms with E-state index in [0.717, 1.165) is 10.8 Å². The molecule has 0 nitrogen and oxygen atoms in total. The van der Waals surface area contributed by atoms with Crippen molar-refractivity contribution in [2.24, 2.45) is 10.8 Å². The first kappa shape index (κ1) is 25.9. The maximum absolute atomic E-state index is 4.28. The number of fused-ring (bicyclic) bond motifs is 1. The fraction of sp³-hybridized carbons (Fsp3) is 0.400. The molecule has 1 aliphatic heterocycles. The third-order valence-electron chi connectivity index (χ3n) is 7.46. The van der Waals surface area contributed by atoms with E-state index in [0.29, 0.717) is 0 Å². The first-order chi connectivity index (χ1) is 15.5. The molecule has 3 heteroatoms. The van der Waals surface area contributed by atoms with Gasteiger partial charge >= 0.3 is 238 Å². The Kier molecular flexibility index (Phi) is 7.64. The van der Waals surface area contributed by atoms with Crippen LogP contribution in [0.15, 0.2) is 72.8 Å². The van der Waals surface area contributed by atoms with Crippen LogP contribution in [0.4, 0.5) is 0 Å². The standard InChI is InChI=1S/C30H35I3/c1-21(2)24-9-7-8-10-26(24)30(6,32)33-18-16-27-28(3,4)25(15-17-29(27,5)20-33)23-13-11-22(19-31)12-14-23/h7-16H,1,17-20H2,2-6H3/t29-,30-/m1/s1. The van der Waals surface area contributed by atoms with Gasteiger partial charge in [-0.3, -0.25) is 0 Å². The topological polar surface area (TPSA) is 0 Å². The molecule has 2 aromatic carbocycles. The Morgan fingerprint density at radius 1 is 1.06 bits per heavy atom. The molecular formula is C30H35I3. The molecule has 0 fully saturated rings. The normalized spacial score (nSPS) is 24.9. The maximum atomic E-state index is 4.28. The number of rotatable bonds is 5. The van der Waals surface area contributed by atoms with Crippen LogP contribution < -0.4 is 0 Å². The van der Waals surface area contributed by atoms with E-state index in [-0.39, 0.29) is 12.3 Å². The summed E-state index contributed by atoms with van der Waals surface area (Å²) in [4.78, 5) is 0. The first-order valence-corrected chi connectivity index (χ1v) is 18.4. The molecule has 33 heavy (non-hydrogen) atoms. The fourth-order valence-corrected chi connectivity index (χ4v) is 15.6. The molecule has 176 valence electrons. The number of hydrogen-bond donors (Lipinski definition) is 0. The summed E-state index contributed by atoms with van der Waals surface area (Å²) in [6, 6.07) is 18.3. The predicted octanol–water partition coefficient (Wildman–Crippen LogP) is 10.2. The van der Waals surface area contributed by atoms with E-state index in [2.05, 4.69) is 147 Å². The summed E-state index contributed by atoms with van der Waals surface area (Å²) in [5.41, 5.74) is 10.4. The van der Waals surface area contributed by atoms with Crippen molar-refractivity contribution in [1.29, 1.82) is 0 Å². The van der Waals surface area contributed by atoms with Crippen LogP contribution in [0, 0.1) is 10.8 Å². The second-order valence-corrected chi connectivity index (χ2v) is 21.8. The van der Waals surface area contributed by atoms with E-state index >= 15 is 0 Å². The van der Waals surface area contributed by atoms with Crippen molar-refractivity contribution in [3.05, 3.63) is 95.1 Å². The molecule has 0 amide bonds. The zero-order valence-electron chi connectivity index (χ0n) is 20.4. The molecule has 0 aromatic heterocycles. The molecule has 2 atom stereocenters. The average Bonchev–Trinajstić information content (AvgIpc) is 2.78. The van der Waals surface area contributed by atoms with Crippen molar-refractivity contribution in [2.45, 2.75) is 46.9 Å². The zero-order chi connectivity index (χ0) is 24.0. The summed E-state index contributed by atoms with van der Waals surface area (Å²) in [6.07, 6.45) is 6.41. The van der Waals surface area contributed by atoms with Gasteiger partial charge in [0.1, 0.15) is 0 Å². The third-order valence-corrected chi connectivity index (χ3v) is 20.3. The minimum atomic E-state index is -1.34. The van der Waals surface area contributed by atoms with Gasteiger partial charge in [0.15, 0.2) is 0 Å². The number of allylic oxidation sites excluding steroid dienone is 5. The van der Waals surface area contributed by atoms with E-state index in [1.165, 1.54) is 42.3 Å².